The van der Waals surface area contributed by atoms with E-state index in [4.69, 9.17) is 16.3 Å². The minimum Gasteiger partial charge on any atom is -0.486 e. The Morgan fingerprint density at radius 3 is 2.85 bits per heavy atom. The average molecular weight is 302 g/mol. The third kappa shape index (κ3) is 5.41. The predicted octanol–water partition coefficient (Wildman–Crippen LogP) is 1.35. The fraction of sp³-hybridized carbons (Fsp3) is 0.417. The highest BCUT2D eigenvalue weighted by Gasteiger charge is 2.15. The Hall–Kier alpha value is -1.86. The number of nitrogens with zero attached hydrogens (tertiary/aromatic N) is 1. The fourth-order valence-electron chi connectivity index (χ4n) is 1.42. The monoisotopic (exact) mass is 301 g/mol. The summed E-state index contributed by atoms with van der Waals surface area (Å²) in [6, 6.07) is 4.13. The average Bonchev–Trinajstić information content (AvgIpc) is 2.40. The van der Waals surface area contributed by atoms with Gasteiger partial charge in [-0.2, -0.15) is 0 Å². The van der Waals surface area contributed by atoms with Crippen LogP contribution in [-0.4, -0.2) is 37.6 Å². The second-order valence-electron chi connectivity index (χ2n) is 3.92. The first-order valence-electron chi connectivity index (χ1n) is 6.02. The first-order chi connectivity index (χ1) is 9.54. The molecule has 0 aromatic heterocycles. The molecule has 0 unspecified atom stereocenters. The molecule has 7 nitrogen and oxygen atoms in total. The van der Waals surface area contributed by atoms with Crippen molar-refractivity contribution < 1.29 is 14.5 Å². The van der Waals surface area contributed by atoms with Crippen LogP contribution in [0.4, 0.5) is 5.69 Å². The van der Waals surface area contributed by atoms with E-state index in [2.05, 4.69) is 10.6 Å². The highest BCUT2D eigenvalue weighted by molar-refractivity contribution is 6.30. The van der Waals surface area contributed by atoms with Crippen LogP contribution in [0.15, 0.2) is 18.2 Å². The smallest absolute Gasteiger partial charge is 0.312 e. The lowest BCUT2D eigenvalue weighted by atomic mass is 10.3. The molecule has 20 heavy (non-hydrogen) atoms. The summed E-state index contributed by atoms with van der Waals surface area (Å²) in [5, 5.41) is 16.7. The van der Waals surface area contributed by atoms with Crippen LogP contribution in [0.25, 0.3) is 0 Å². The number of nitro groups is 1. The lowest BCUT2D eigenvalue weighted by Crippen LogP contribution is -2.31. The first kappa shape index (κ1) is 16.2. The van der Waals surface area contributed by atoms with Crippen LogP contribution < -0.4 is 15.4 Å². The molecule has 0 atom stereocenters. The van der Waals surface area contributed by atoms with Gasteiger partial charge in [-0.1, -0.05) is 11.6 Å². The van der Waals surface area contributed by atoms with Gasteiger partial charge in [0, 0.05) is 24.2 Å². The molecule has 0 heterocycles. The second-order valence-corrected chi connectivity index (χ2v) is 4.36. The molecule has 0 radical (unpaired) electrons. The lowest BCUT2D eigenvalue weighted by Gasteiger charge is -2.07. The lowest BCUT2D eigenvalue weighted by molar-refractivity contribution is -0.385. The maximum atomic E-state index is 11.4. The van der Waals surface area contributed by atoms with Gasteiger partial charge in [0.05, 0.1) is 18.0 Å². The molecular weight excluding hydrogens is 286 g/mol. The number of ether oxygens (including phenoxy) is 1. The Morgan fingerprint density at radius 1 is 1.45 bits per heavy atom. The van der Waals surface area contributed by atoms with Gasteiger partial charge in [-0.3, -0.25) is 14.9 Å². The van der Waals surface area contributed by atoms with E-state index in [1.807, 2.05) is 0 Å². The summed E-state index contributed by atoms with van der Waals surface area (Å²) in [6.07, 6.45) is 0.128. The number of hydrogen-bond donors (Lipinski definition) is 2. The van der Waals surface area contributed by atoms with Crippen LogP contribution in [-0.2, 0) is 4.79 Å². The molecule has 1 amide bonds. The SMILES string of the molecule is CNCCNC(=O)CCOc1ccc(Cl)cc1[N+](=O)[O-]. The zero-order valence-corrected chi connectivity index (χ0v) is 11.8. The minimum atomic E-state index is -0.575. The number of hydrogen-bond acceptors (Lipinski definition) is 5. The van der Waals surface area contributed by atoms with E-state index < -0.39 is 4.92 Å². The molecule has 2 N–H and O–H groups in total. The van der Waals surface area contributed by atoms with Crippen LogP contribution in [0, 0.1) is 10.1 Å². The van der Waals surface area contributed by atoms with Crippen molar-refractivity contribution >= 4 is 23.2 Å². The van der Waals surface area contributed by atoms with Crippen LogP contribution >= 0.6 is 11.6 Å². The van der Waals surface area contributed by atoms with E-state index in [1.165, 1.54) is 18.2 Å². The van der Waals surface area contributed by atoms with Crippen molar-refractivity contribution in [3.63, 3.8) is 0 Å². The van der Waals surface area contributed by atoms with Gasteiger partial charge in [-0.05, 0) is 19.2 Å². The molecule has 0 fully saturated rings. The number of nitrogens with one attached hydrogen (secondary N) is 2. The Labute approximate surface area is 121 Å². The topological polar surface area (TPSA) is 93.5 Å². The van der Waals surface area contributed by atoms with Crippen molar-refractivity contribution in [2.75, 3.05) is 26.7 Å². The molecule has 0 saturated heterocycles. The Bertz CT molecular complexity index is 482. The van der Waals surface area contributed by atoms with E-state index >= 15 is 0 Å². The number of nitro benzene ring substituents is 1. The summed E-state index contributed by atoms with van der Waals surface area (Å²) < 4.78 is 5.25. The number of carbonyl (C=O) groups excluding carboxylic acids is 1. The Kier molecular flexibility index (Phi) is 6.75. The maximum absolute atomic E-state index is 11.4. The summed E-state index contributed by atoms with van der Waals surface area (Å²) in [7, 11) is 1.79. The fourth-order valence-corrected chi connectivity index (χ4v) is 1.59. The van der Waals surface area contributed by atoms with E-state index in [0.29, 0.717) is 13.1 Å². The summed E-state index contributed by atoms with van der Waals surface area (Å²) >= 11 is 5.69. The van der Waals surface area contributed by atoms with E-state index in [-0.39, 0.29) is 35.4 Å². The van der Waals surface area contributed by atoms with Crippen molar-refractivity contribution in [3.05, 3.63) is 33.3 Å². The van der Waals surface area contributed by atoms with Crippen LogP contribution in [0.2, 0.25) is 5.02 Å². The van der Waals surface area contributed by atoms with Gasteiger partial charge in [-0.15, -0.1) is 0 Å². The normalized spacial score (nSPS) is 10.1. The number of amides is 1. The largest absolute Gasteiger partial charge is 0.486 e. The molecule has 0 aliphatic heterocycles. The van der Waals surface area contributed by atoms with Crippen molar-refractivity contribution in [1.29, 1.82) is 0 Å². The van der Waals surface area contributed by atoms with Gasteiger partial charge < -0.3 is 15.4 Å². The first-order valence-corrected chi connectivity index (χ1v) is 6.40. The number of halogens is 1. The van der Waals surface area contributed by atoms with Gasteiger partial charge in [0.1, 0.15) is 0 Å². The highest BCUT2D eigenvalue weighted by Crippen LogP contribution is 2.29. The molecule has 0 saturated carbocycles. The zero-order chi connectivity index (χ0) is 15.0. The van der Waals surface area contributed by atoms with Crippen molar-refractivity contribution in [2.45, 2.75) is 6.42 Å². The minimum absolute atomic E-state index is 0.0634. The second kappa shape index (κ2) is 8.34. The van der Waals surface area contributed by atoms with Crippen molar-refractivity contribution in [2.24, 2.45) is 0 Å². The quantitative estimate of drug-likeness (QED) is 0.429. The molecule has 0 bridgehead atoms. The number of carbonyl (C=O) groups is 1. The van der Waals surface area contributed by atoms with Gasteiger partial charge in [-0.25, -0.2) is 0 Å². The maximum Gasteiger partial charge on any atom is 0.312 e. The third-order valence-electron chi connectivity index (χ3n) is 2.40. The van der Waals surface area contributed by atoms with Crippen LogP contribution in [0.3, 0.4) is 0 Å². The van der Waals surface area contributed by atoms with E-state index in [1.54, 1.807) is 7.05 Å². The summed E-state index contributed by atoms with van der Waals surface area (Å²) in [5.41, 5.74) is -0.215. The predicted molar refractivity (Wildman–Crippen MR) is 75.2 cm³/mol. The molecule has 8 heteroatoms. The van der Waals surface area contributed by atoms with Crippen molar-refractivity contribution in [3.8, 4) is 5.75 Å². The number of rotatable bonds is 8. The van der Waals surface area contributed by atoms with E-state index in [0.717, 1.165) is 0 Å². The molecule has 1 rings (SSSR count). The standard InChI is InChI=1S/C12H16ClN3O4/c1-14-5-6-15-12(17)4-7-20-11-3-2-9(13)8-10(11)16(18)19/h2-3,8,14H,4-7H2,1H3,(H,15,17). The molecule has 0 aliphatic carbocycles. The molecule has 0 aliphatic rings. The highest BCUT2D eigenvalue weighted by atomic mass is 35.5. The number of likely N-dealkylation sites (N-methyl/N-ethyl adjacent to an activating group) is 1. The molecule has 0 spiro atoms. The van der Waals surface area contributed by atoms with E-state index in [9.17, 15) is 14.9 Å². The summed E-state index contributed by atoms with van der Waals surface area (Å²) in [4.78, 5) is 21.7. The Morgan fingerprint density at radius 2 is 2.20 bits per heavy atom. The molecular formula is C12H16ClN3O4. The third-order valence-corrected chi connectivity index (χ3v) is 2.64. The molecule has 1 aromatic rings. The van der Waals surface area contributed by atoms with Gasteiger partial charge in [0.15, 0.2) is 5.75 Å². The zero-order valence-electron chi connectivity index (χ0n) is 11.0. The Balaban J connectivity index is 2.46. The van der Waals surface area contributed by atoms with Crippen molar-refractivity contribution in [1.82, 2.24) is 10.6 Å². The summed E-state index contributed by atoms with van der Waals surface area (Å²) in [5.74, 6) is -0.0701. The van der Waals surface area contributed by atoms with Gasteiger partial charge in [0.25, 0.3) is 0 Å². The number of benzene rings is 1. The van der Waals surface area contributed by atoms with Crippen LogP contribution in [0.5, 0.6) is 5.75 Å². The molecule has 110 valence electrons. The summed E-state index contributed by atoms with van der Waals surface area (Å²) in [6.45, 7) is 1.26. The molecule has 1 aromatic carbocycles. The van der Waals surface area contributed by atoms with Gasteiger partial charge >= 0.3 is 5.69 Å². The van der Waals surface area contributed by atoms with Crippen LogP contribution in [0.1, 0.15) is 6.42 Å². The van der Waals surface area contributed by atoms with Gasteiger partial charge in [0.2, 0.25) is 5.91 Å².